The number of hydrogen-bond donors (Lipinski definition) is 1. The van der Waals surface area contributed by atoms with Crippen LogP contribution in [0.5, 0.6) is 0 Å². The molecule has 1 aromatic heterocycles. The molecule has 0 bridgehead atoms. The van der Waals surface area contributed by atoms with E-state index in [9.17, 15) is 4.79 Å². The van der Waals surface area contributed by atoms with Crippen molar-refractivity contribution in [3.63, 3.8) is 0 Å². The van der Waals surface area contributed by atoms with E-state index in [4.69, 9.17) is 0 Å². The molecule has 0 aliphatic rings. The van der Waals surface area contributed by atoms with Crippen molar-refractivity contribution in [3.05, 3.63) is 46.8 Å². The highest BCUT2D eigenvalue weighted by Crippen LogP contribution is 2.21. The molecule has 2 aromatic rings. The molecule has 1 aromatic carbocycles. The third-order valence-electron chi connectivity index (χ3n) is 3.53. The molecule has 0 unspecified atom stereocenters. The summed E-state index contributed by atoms with van der Waals surface area (Å²) in [7, 11) is 0. The van der Waals surface area contributed by atoms with Crippen LogP contribution in [0.2, 0.25) is 0 Å². The minimum atomic E-state index is -0.0231. The van der Waals surface area contributed by atoms with Crippen molar-refractivity contribution in [2.75, 3.05) is 6.54 Å². The maximum Gasteiger partial charge on any atom is 0.255 e. The van der Waals surface area contributed by atoms with Gasteiger partial charge in [-0.15, -0.1) is 0 Å². The van der Waals surface area contributed by atoms with E-state index in [1.54, 1.807) is 0 Å². The number of benzene rings is 1. The number of aryl methyl sites for hydroxylation is 2. The monoisotopic (exact) mass is 285 g/mol. The summed E-state index contributed by atoms with van der Waals surface area (Å²) in [5, 5.41) is 7.57. The Morgan fingerprint density at radius 3 is 2.57 bits per heavy atom. The van der Waals surface area contributed by atoms with Gasteiger partial charge in [0.05, 0.1) is 22.6 Å². The predicted molar refractivity (Wildman–Crippen MR) is 85.1 cm³/mol. The number of carbonyl (C=O) groups excluding carboxylic acids is 1. The topological polar surface area (TPSA) is 46.9 Å². The molecule has 4 heteroatoms. The second-order valence-corrected chi connectivity index (χ2v) is 5.09. The second kappa shape index (κ2) is 6.57. The number of amides is 1. The lowest BCUT2D eigenvalue weighted by Crippen LogP contribution is -2.24. The normalized spacial score (nSPS) is 10.7. The maximum absolute atomic E-state index is 12.4. The Balaban J connectivity index is 2.60. The molecule has 0 spiro atoms. The molecule has 21 heavy (non-hydrogen) atoms. The van der Waals surface area contributed by atoms with Crippen molar-refractivity contribution < 1.29 is 4.79 Å². The van der Waals surface area contributed by atoms with Gasteiger partial charge in [-0.25, -0.2) is 4.68 Å². The summed E-state index contributed by atoms with van der Waals surface area (Å²) in [6, 6.07) is 8.19. The molecule has 0 fully saturated rings. The van der Waals surface area contributed by atoms with Crippen molar-refractivity contribution in [1.82, 2.24) is 15.1 Å². The third kappa shape index (κ3) is 2.99. The van der Waals surface area contributed by atoms with Gasteiger partial charge < -0.3 is 5.32 Å². The number of aromatic nitrogens is 2. The first-order valence-corrected chi connectivity index (χ1v) is 7.58. The standard InChI is InChI=1S/C17H23N3O/c1-5-14-16(17(21)18-7-3)15(6-2)20(19-14)13-10-8-9-12(4)11-13/h8-11H,5-7H2,1-4H3,(H,18,21). The Hall–Kier alpha value is -2.10. The molecule has 2 rings (SSSR count). The van der Waals surface area contributed by atoms with Crippen LogP contribution in [-0.4, -0.2) is 22.2 Å². The van der Waals surface area contributed by atoms with Crippen LogP contribution in [0.25, 0.3) is 5.69 Å². The third-order valence-corrected chi connectivity index (χ3v) is 3.53. The van der Waals surface area contributed by atoms with Crippen LogP contribution in [0.3, 0.4) is 0 Å². The van der Waals surface area contributed by atoms with Crippen LogP contribution in [0.15, 0.2) is 24.3 Å². The highest BCUT2D eigenvalue weighted by atomic mass is 16.1. The van der Waals surface area contributed by atoms with E-state index in [1.807, 2.05) is 30.7 Å². The number of nitrogens with zero attached hydrogens (tertiary/aromatic N) is 2. The quantitative estimate of drug-likeness (QED) is 0.917. The summed E-state index contributed by atoms with van der Waals surface area (Å²) in [4.78, 5) is 12.4. The predicted octanol–water partition coefficient (Wildman–Crippen LogP) is 3.06. The van der Waals surface area contributed by atoms with Crippen LogP contribution < -0.4 is 5.32 Å². The van der Waals surface area contributed by atoms with Crippen molar-refractivity contribution >= 4 is 5.91 Å². The molecular formula is C17H23N3O. The zero-order valence-electron chi connectivity index (χ0n) is 13.2. The highest BCUT2D eigenvalue weighted by Gasteiger charge is 2.21. The van der Waals surface area contributed by atoms with Crippen LogP contribution in [0.1, 0.15) is 48.1 Å². The Morgan fingerprint density at radius 1 is 1.24 bits per heavy atom. The minimum Gasteiger partial charge on any atom is -0.352 e. The van der Waals surface area contributed by atoms with Gasteiger partial charge in [0.25, 0.3) is 5.91 Å². The van der Waals surface area contributed by atoms with Crippen molar-refractivity contribution in [2.24, 2.45) is 0 Å². The fraction of sp³-hybridized carbons (Fsp3) is 0.412. The Labute approximate surface area is 126 Å². The SMILES string of the molecule is CCNC(=O)c1c(CC)nn(-c2cccc(C)c2)c1CC. The Morgan fingerprint density at radius 2 is 2.00 bits per heavy atom. The van der Waals surface area contributed by atoms with E-state index < -0.39 is 0 Å². The fourth-order valence-electron chi connectivity index (χ4n) is 2.56. The highest BCUT2D eigenvalue weighted by molar-refractivity contribution is 5.96. The smallest absolute Gasteiger partial charge is 0.255 e. The zero-order valence-corrected chi connectivity index (χ0v) is 13.2. The average molecular weight is 285 g/mol. The number of rotatable bonds is 5. The fourth-order valence-corrected chi connectivity index (χ4v) is 2.56. The van der Waals surface area contributed by atoms with E-state index in [0.29, 0.717) is 6.54 Å². The summed E-state index contributed by atoms with van der Waals surface area (Å²) < 4.78 is 1.91. The van der Waals surface area contributed by atoms with Gasteiger partial charge in [0, 0.05) is 6.54 Å². The van der Waals surface area contributed by atoms with Crippen molar-refractivity contribution in [1.29, 1.82) is 0 Å². The Kier molecular flexibility index (Phi) is 4.78. The van der Waals surface area contributed by atoms with E-state index in [-0.39, 0.29) is 5.91 Å². The van der Waals surface area contributed by atoms with E-state index in [0.717, 1.165) is 35.5 Å². The first-order chi connectivity index (χ1) is 10.1. The van der Waals surface area contributed by atoms with Gasteiger partial charge in [0.15, 0.2) is 0 Å². The molecule has 0 aliphatic carbocycles. The van der Waals surface area contributed by atoms with Gasteiger partial charge in [-0.3, -0.25) is 4.79 Å². The van der Waals surface area contributed by atoms with Crippen LogP contribution >= 0.6 is 0 Å². The van der Waals surface area contributed by atoms with E-state index >= 15 is 0 Å². The summed E-state index contributed by atoms with van der Waals surface area (Å²) in [6.45, 7) is 8.71. The van der Waals surface area contributed by atoms with Gasteiger partial charge in [-0.2, -0.15) is 5.10 Å². The number of nitrogens with one attached hydrogen (secondary N) is 1. The number of carbonyl (C=O) groups is 1. The molecule has 112 valence electrons. The molecule has 0 aliphatic heterocycles. The number of hydrogen-bond acceptors (Lipinski definition) is 2. The molecule has 0 saturated heterocycles. The average Bonchev–Trinajstić information content (AvgIpc) is 2.86. The maximum atomic E-state index is 12.4. The molecule has 0 radical (unpaired) electrons. The van der Waals surface area contributed by atoms with E-state index in [1.165, 1.54) is 5.56 Å². The van der Waals surface area contributed by atoms with Gasteiger partial charge in [-0.1, -0.05) is 26.0 Å². The first kappa shape index (κ1) is 15.3. The summed E-state index contributed by atoms with van der Waals surface area (Å²) in [5.41, 5.74) is 4.77. The lowest BCUT2D eigenvalue weighted by molar-refractivity contribution is 0.0954. The molecule has 4 nitrogen and oxygen atoms in total. The molecule has 1 N–H and O–H groups in total. The Bertz CT molecular complexity index is 643. The van der Waals surface area contributed by atoms with Gasteiger partial charge in [-0.05, 0) is 44.4 Å². The van der Waals surface area contributed by atoms with Crippen LogP contribution in [0.4, 0.5) is 0 Å². The molecule has 1 amide bonds. The van der Waals surface area contributed by atoms with Gasteiger partial charge in [0.2, 0.25) is 0 Å². The molecule has 1 heterocycles. The molecule has 0 saturated carbocycles. The molecular weight excluding hydrogens is 262 g/mol. The first-order valence-electron chi connectivity index (χ1n) is 7.58. The summed E-state index contributed by atoms with van der Waals surface area (Å²) >= 11 is 0. The second-order valence-electron chi connectivity index (χ2n) is 5.09. The largest absolute Gasteiger partial charge is 0.352 e. The summed E-state index contributed by atoms with van der Waals surface area (Å²) in [5.74, 6) is -0.0231. The van der Waals surface area contributed by atoms with E-state index in [2.05, 4.69) is 36.4 Å². The van der Waals surface area contributed by atoms with Gasteiger partial charge in [0.1, 0.15) is 0 Å². The van der Waals surface area contributed by atoms with Gasteiger partial charge >= 0.3 is 0 Å². The van der Waals surface area contributed by atoms with Crippen molar-refractivity contribution in [3.8, 4) is 5.69 Å². The van der Waals surface area contributed by atoms with Crippen LogP contribution in [0, 0.1) is 6.92 Å². The minimum absolute atomic E-state index is 0.0231. The lowest BCUT2D eigenvalue weighted by atomic mass is 10.1. The zero-order chi connectivity index (χ0) is 15.4. The van der Waals surface area contributed by atoms with Crippen LogP contribution in [-0.2, 0) is 12.8 Å². The summed E-state index contributed by atoms with van der Waals surface area (Å²) in [6.07, 6.45) is 1.52. The molecule has 0 atom stereocenters. The lowest BCUT2D eigenvalue weighted by Gasteiger charge is -2.08. The van der Waals surface area contributed by atoms with Crippen molar-refractivity contribution in [2.45, 2.75) is 40.5 Å².